The topological polar surface area (TPSA) is 53.2 Å². The second kappa shape index (κ2) is 10.3. The Hall–Kier alpha value is -1.24. The number of carbonyl (C=O) groups is 1. The Morgan fingerprint density at radius 1 is 1.00 bits per heavy atom. The number of rotatable bonds is 6. The molecule has 144 valence electrons. The molecule has 1 amide bonds. The van der Waals surface area contributed by atoms with Crippen molar-refractivity contribution in [1.29, 1.82) is 0 Å². The first kappa shape index (κ1) is 22.1. The maximum absolute atomic E-state index is 12.2. The summed E-state index contributed by atoms with van der Waals surface area (Å²) in [7, 11) is 0. The number of nitrogens with one attached hydrogen (secondary N) is 3. The van der Waals surface area contributed by atoms with E-state index in [0.717, 1.165) is 5.56 Å². The van der Waals surface area contributed by atoms with Crippen LogP contribution in [0.5, 0.6) is 0 Å². The highest BCUT2D eigenvalue weighted by Crippen LogP contribution is 2.29. The largest absolute Gasteiger partial charge is 0.339 e. The molecule has 4 nitrogen and oxygen atoms in total. The highest BCUT2D eigenvalue weighted by molar-refractivity contribution is 7.80. The van der Waals surface area contributed by atoms with E-state index in [0.29, 0.717) is 17.1 Å². The van der Waals surface area contributed by atoms with Gasteiger partial charge in [0.15, 0.2) is 5.11 Å². The molecule has 0 saturated heterocycles. The summed E-state index contributed by atoms with van der Waals surface area (Å²) in [4.78, 5) is 12.2. The molecule has 0 fully saturated rings. The molecule has 3 N–H and O–H groups in total. The third-order valence-electron chi connectivity index (χ3n) is 3.49. The zero-order valence-corrected chi connectivity index (χ0v) is 17.9. The van der Waals surface area contributed by atoms with Crippen molar-refractivity contribution in [3.8, 4) is 0 Å². The van der Waals surface area contributed by atoms with Crippen molar-refractivity contribution in [3.63, 3.8) is 0 Å². The molecule has 0 aliphatic carbocycles. The van der Waals surface area contributed by atoms with Gasteiger partial charge in [-0.25, -0.2) is 0 Å². The van der Waals surface area contributed by atoms with Gasteiger partial charge in [-0.15, -0.1) is 0 Å². The Balaban J connectivity index is 1.91. The molecule has 0 bridgehead atoms. The molecular weight excluding hydrogens is 448 g/mol. The van der Waals surface area contributed by atoms with E-state index in [9.17, 15) is 4.79 Å². The van der Waals surface area contributed by atoms with Crippen LogP contribution >= 0.6 is 58.6 Å². The van der Waals surface area contributed by atoms with E-state index in [1.807, 2.05) is 30.3 Å². The van der Waals surface area contributed by atoms with Crippen LogP contribution in [0.15, 0.2) is 54.6 Å². The van der Waals surface area contributed by atoms with E-state index >= 15 is 0 Å². The van der Waals surface area contributed by atoms with Crippen LogP contribution < -0.4 is 16.0 Å². The van der Waals surface area contributed by atoms with Crippen LogP contribution in [-0.2, 0) is 11.2 Å². The Labute approximate surface area is 183 Å². The lowest BCUT2D eigenvalue weighted by atomic mass is 10.1. The maximum Gasteiger partial charge on any atom is 0.228 e. The molecular formula is C18H17Cl4N3OS. The first-order valence-electron chi connectivity index (χ1n) is 7.97. The summed E-state index contributed by atoms with van der Waals surface area (Å²) in [6.07, 6.45) is -0.175. The summed E-state index contributed by atoms with van der Waals surface area (Å²) in [6, 6.07) is 16.6. The molecule has 2 rings (SSSR count). The zero-order chi connectivity index (χ0) is 19.9. The van der Waals surface area contributed by atoms with Gasteiger partial charge in [-0.3, -0.25) is 4.79 Å². The summed E-state index contributed by atoms with van der Waals surface area (Å²) >= 11 is 29.0. The maximum atomic E-state index is 12.2. The minimum atomic E-state index is -1.80. The van der Waals surface area contributed by atoms with Crippen molar-refractivity contribution in [3.05, 3.63) is 65.2 Å². The summed E-state index contributed by atoms with van der Waals surface area (Å²) in [5.41, 5.74) is 1.75. The Kier molecular flexibility index (Phi) is 8.45. The normalized spacial score (nSPS) is 12.1. The molecule has 0 aliphatic rings. The number of anilines is 1. The van der Waals surface area contributed by atoms with Gasteiger partial charge in [0.05, 0.1) is 0 Å². The second-order valence-corrected chi connectivity index (χ2v) is 8.85. The predicted molar refractivity (Wildman–Crippen MR) is 118 cm³/mol. The fourth-order valence-corrected chi connectivity index (χ4v) is 2.86. The minimum absolute atomic E-state index is 0.192. The van der Waals surface area contributed by atoms with Crippen molar-refractivity contribution in [1.82, 2.24) is 10.6 Å². The Morgan fingerprint density at radius 3 is 2.22 bits per heavy atom. The standard InChI is InChI=1S/C18H17Cl4N3OS/c19-13-7-9-14(10-8-13)23-17(27)25-16(18(20,21)22)24-15(26)11-6-12-4-2-1-3-5-12/h1-5,7-10,16H,6,11H2,(H,24,26)(H2,23,25,27)/t16-/m0/s1. The van der Waals surface area contributed by atoms with E-state index < -0.39 is 9.96 Å². The summed E-state index contributed by atoms with van der Waals surface area (Å²) in [5, 5.41) is 9.20. The van der Waals surface area contributed by atoms with Crippen LogP contribution in [0, 0.1) is 0 Å². The quantitative estimate of drug-likeness (QED) is 0.317. The molecule has 0 aliphatic heterocycles. The molecule has 0 unspecified atom stereocenters. The molecule has 0 radical (unpaired) electrons. The number of amides is 1. The van der Waals surface area contributed by atoms with Crippen LogP contribution in [0.3, 0.4) is 0 Å². The lowest BCUT2D eigenvalue weighted by molar-refractivity contribution is -0.121. The lowest BCUT2D eigenvalue weighted by Crippen LogP contribution is -2.56. The van der Waals surface area contributed by atoms with Gasteiger partial charge in [0.25, 0.3) is 0 Å². The Morgan fingerprint density at radius 2 is 1.63 bits per heavy atom. The van der Waals surface area contributed by atoms with Crippen molar-refractivity contribution in [2.75, 3.05) is 5.32 Å². The second-order valence-electron chi connectivity index (χ2n) is 5.63. The van der Waals surface area contributed by atoms with Gasteiger partial charge in [0.2, 0.25) is 9.70 Å². The van der Waals surface area contributed by atoms with Crippen LogP contribution in [-0.4, -0.2) is 21.0 Å². The molecule has 2 aromatic rings. The molecule has 27 heavy (non-hydrogen) atoms. The van der Waals surface area contributed by atoms with Crippen LogP contribution in [0.25, 0.3) is 0 Å². The molecule has 1 atom stereocenters. The summed E-state index contributed by atoms with van der Waals surface area (Å²) in [5.74, 6) is -0.267. The number of thiocarbonyl (C=S) groups is 1. The van der Waals surface area contributed by atoms with Gasteiger partial charge in [-0.05, 0) is 48.5 Å². The summed E-state index contributed by atoms with van der Waals surface area (Å²) in [6.45, 7) is 0. The third kappa shape index (κ3) is 8.11. The van der Waals surface area contributed by atoms with E-state index in [-0.39, 0.29) is 17.4 Å². The van der Waals surface area contributed by atoms with Gasteiger partial charge < -0.3 is 16.0 Å². The molecule has 2 aromatic carbocycles. The number of benzene rings is 2. The highest BCUT2D eigenvalue weighted by Gasteiger charge is 2.34. The average molecular weight is 465 g/mol. The van der Waals surface area contributed by atoms with Crippen molar-refractivity contribution in [2.24, 2.45) is 0 Å². The number of hydrogen-bond acceptors (Lipinski definition) is 2. The van der Waals surface area contributed by atoms with E-state index in [1.54, 1.807) is 24.3 Å². The number of alkyl halides is 3. The van der Waals surface area contributed by atoms with Gasteiger partial charge >= 0.3 is 0 Å². The third-order valence-corrected chi connectivity index (χ3v) is 4.62. The Bertz CT molecular complexity index is 766. The van der Waals surface area contributed by atoms with Gasteiger partial charge in [-0.1, -0.05) is 76.7 Å². The van der Waals surface area contributed by atoms with E-state index in [2.05, 4.69) is 16.0 Å². The van der Waals surface area contributed by atoms with E-state index in [1.165, 1.54) is 0 Å². The fourth-order valence-electron chi connectivity index (χ4n) is 2.17. The van der Waals surface area contributed by atoms with Crippen molar-refractivity contribution in [2.45, 2.75) is 22.8 Å². The molecule has 9 heteroatoms. The van der Waals surface area contributed by atoms with Crippen molar-refractivity contribution >= 4 is 75.3 Å². The smallest absolute Gasteiger partial charge is 0.228 e. The monoisotopic (exact) mass is 463 g/mol. The van der Waals surface area contributed by atoms with Gasteiger partial charge in [0.1, 0.15) is 6.17 Å². The average Bonchev–Trinajstić information content (AvgIpc) is 2.61. The predicted octanol–water partition coefficient (Wildman–Crippen LogP) is 5.07. The lowest BCUT2D eigenvalue weighted by Gasteiger charge is -2.27. The number of hydrogen-bond donors (Lipinski definition) is 3. The molecule has 0 spiro atoms. The van der Waals surface area contributed by atoms with E-state index in [4.69, 9.17) is 58.6 Å². The van der Waals surface area contributed by atoms with Crippen LogP contribution in [0.4, 0.5) is 5.69 Å². The molecule has 0 saturated carbocycles. The number of aryl methyl sites for hydroxylation is 1. The zero-order valence-electron chi connectivity index (χ0n) is 14.0. The van der Waals surface area contributed by atoms with Gasteiger partial charge in [-0.2, -0.15) is 0 Å². The van der Waals surface area contributed by atoms with Crippen LogP contribution in [0.2, 0.25) is 5.02 Å². The highest BCUT2D eigenvalue weighted by atomic mass is 35.6. The van der Waals surface area contributed by atoms with Crippen LogP contribution in [0.1, 0.15) is 12.0 Å². The minimum Gasteiger partial charge on any atom is -0.339 e. The fraction of sp³-hybridized carbons (Fsp3) is 0.222. The first-order chi connectivity index (χ1) is 12.7. The SMILES string of the molecule is O=C(CCc1ccccc1)N[C@@H](NC(=S)Nc1ccc(Cl)cc1)C(Cl)(Cl)Cl. The number of halogens is 4. The number of carbonyl (C=O) groups excluding carboxylic acids is 1. The van der Waals surface area contributed by atoms with Gasteiger partial charge in [0, 0.05) is 17.1 Å². The first-order valence-corrected chi connectivity index (χ1v) is 9.89. The molecule has 0 heterocycles. The molecule has 0 aromatic heterocycles. The van der Waals surface area contributed by atoms with Crippen molar-refractivity contribution < 1.29 is 4.79 Å². The summed E-state index contributed by atoms with van der Waals surface area (Å²) < 4.78 is -1.80.